The van der Waals surface area contributed by atoms with Gasteiger partial charge in [0.1, 0.15) is 0 Å². The van der Waals surface area contributed by atoms with Crippen molar-refractivity contribution < 1.29 is 0 Å². The van der Waals surface area contributed by atoms with Crippen molar-refractivity contribution in [2.75, 3.05) is 21.1 Å². The molecule has 0 amide bonds. The maximum absolute atomic E-state index is 6.15. The molecule has 1 aliphatic carbocycles. The molecule has 6 nitrogen and oxygen atoms in total. The van der Waals surface area contributed by atoms with E-state index in [9.17, 15) is 0 Å². The van der Waals surface area contributed by atoms with E-state index < -0.39 is 5.41 Å². The summed E-state index contributed by atoms with van der Waals surface area (Å²) in [6, 6.07) is 25.9. The van der Waals surface area contributed by atoms with Gasteiger partial charge in [-0.2, -0.15) is 0 Å². The Labute approximate surface area is 214 Å². The van der Waals surface area contributed by atoms with E-state index >= 15 is 0 Å². The van der Waals surface area contributed by atoms with Gasteiger partial charge >= 0.3 is 0 Å². The summed E-state index contributed by atoms with van der Waals surface area (Å²) in [5.74, 6) is -0.0796. The standard InChI is InChI=1S/C30H38N6/c1-34-26-16-27(35-2)29(36-3)28(26)30(23-10-4-7-20(13-23)17-31,24-11-5-8-21(14-24)18-32)25-12-6-9-22(15-25)19-33/h4-16,28,34-36H,17-19,31-33H2,1-3H3. The highest BCUT2D eigenvalue weighted by Gasteiger charge is 2.49. The Kier molecular flexibility index (Phi) is 7.79. The number of nitrogens with two attached hydrogens (primary N) is 3. The van der Waals surface area contributed by atoms with Crippen molar-refractivity contribution in [3.8, 4) is 0 Å². The van der Waals surface area contributed by atoms with Crippen LogP contribution >= 0.6 is 0 Å². The summed E-state index contributed by atoms with van der Waals surface area (Å²) < 4.78 is 0. The Bertz CT molecular complexity index is 1160. The summed E-state index contributed by atoms with van der Waals surface area (Å²) in [7, 11) is 5.93. The Morgan fingerprint density at radius 3 is 1.42 bits per heavy atom. The van der Waals surface area contributed by atoms with Crippen molar-refractivity contribution in [2.45, 2.75) is 25.0 Å². The third-order valence-electron chi connectivity index (χ3n) is 7.30. The van der Waals surface area contributed by atoms with Crippen LogP contribution in [0, 0.1) is 5.92 Å². The highest BCUT2D eigenvalue weighted by atomic mass is 15.0. The number of hydrogen-bond donors (Lipinski definition) is 6. The number of benzene rings is 3. The lowest BCUT2D eigenvalue weighted by atomic mass is 9.60. The van der Waals surface area contributed by atoms with Gasteiger partial charge in [0.25, 0.3) is 0 Å². The van der Waals surface area contributed by atoms with E-state index in [4.69, 9.17) is 17.2 Å². The molecule has 0 aliphatic heterocycles. The van der Waals surface area contributed by atoms with Gasteiger partial charge in [0.2, 0.25) is 0 Å². The fourth-order valence-corrected chi connectivity index (χ4v) is 5.61. The molecule has 9 N–H and O–H groups in total. The van der Waals surface area contributed by atoms with Crippen molar-refractivity contribution >= 4 is 0 Å². The fourth-order valence-electron chi connectivity index (χ4n) is 5.61. The van der Waals surface area contributed by atoms with Crippen LogP contribution in [0.15, 0.2) is 96.0 Å². The predicted octanol–water partition coefficient (Wildman–Crippen LogP) is 2.78. The molecule has 1 atom stereocenters. The molecule has 0 saturated carbocycles. The summed E-state index contributed by atoms with van der Waals surface area (Å²) in [4.78, 5) is 0. The van der Waals surface area contributed by atoms with Gasteiger partial charge in [-0.3, -0.25) is 0 Å². The van der Waals surface area contributed by atoms with E-state index in [1.807, 2.05) is 21.1 Å². The molecule has 0 spiro atoms. The fraction of sp³-hybridized carbons (Fsp3) is 0.267. The van der Waals surface area contributed by atoms with Gasteiger partial charge in [0.05, 0.1) is 17.0 Å². The molecule has 1 unspecified atom stereocenters. The Morgan fingerprint density at radius 1 is 0.639 bits per heavy atom. The number of nitrogens with one attached hydrogen (secondary N) is 3. The molecule has 4 rings (SSSR count). The third-order valence-corrected chi connectivity index (χ3v) is 7.30. The number of allylic oxidation sites excluding steroid dienone is 1. The molecule has 3 aromatic rings. The maximum Gasteiger partial charge on any atom is 0.0589 e. The largest absolute Gasteiger partial charge is 0.391 e. The number of hydrogen-bond acceptors (Lipinski definition) is 6. The molecule has 0 heterocycles. The highest BCUT2D eigenvalue weighted by molar-refractivity contribution is 5.60. The van der Waals surface area contributed by atoms with E-state index in [0.717, 1.165) is 50.5 Å². The zero-order valence-electron chi connectivity index (χ0n) is 21.4. The molecule has 0 aromatic heterocycles. The van der Waals surface area contributed by atoms with Crippen LogP contribution in [-0.2, 0) is 25.0 Å². The van der Waals surface area contributed by atoms with E-state index in [1.165, 1.54) is 0 Å². The van der Waals surface area contributed by atoms with Crippen LogP contribution in [0.1, 0.15) is 33.4 Å². The summed E-state index contributed by atoms with van der Waals surface area (Å²) in [5.41, 5.74) is 27.8. The van der Waals surface area contributed by atoms with Gasteiger partial charge in [-0.05, 0) is 39.5 Å². The summed E-state index contributed by atoms with van der Waals surface area (Å²) in [5, 5.41) is 10.4. The molecule has 1 aliphatic rings. The van der Waals surface area contributed by atoms with Crippen LogP contribution in [0.2, 0.25) is 0 Å². The van der Waals surface area contributed by atoms with Gasteiger partial charge in [-0.1, -0.05) is 72.8 Å². The molecule has 188 valence electrons. The SMILES string of the molecule is CNC1=CC(NC)=C(NC)C1C(c1cccc(CN)c1)(c1cccc(CN)c1)c1cccc(CN)c1. The first-order chi connectivity index (χ1) is 17.6. The van der Waals surface area contributed by atoms with Gasteiger partial charge in [0.15, 0.2) is 0 Å². The molecule has 0 fully saturated rings. The summed E-state index contributed by atoms with van der Waals surface area (Å²) in [6.07, 6.45) is 2.19. The van der Waals surface area contributed by atoms with Crippen LogP contribution in [0.4, 0.5) is 0 Å². The average Bonchev–Trinajstić information content (AvgIpc) is 3.32. The second-order valence-corrected chi connectivity index (χ2v) is 9.13. The third kappa shape index (κ3) is 4.28. The second kappa shape index (κ2) is 11.0. The number of likely N-dealkylation sites (N-methyl/N-ethyl adjacent to an activating group) is 1. The smallest absolute Gasteiger partial charge is 0.0589 e. The van der Waals surface area contributed by atoms with Crippen molar-refractivity contribution in [3.63, 3.8) is 0 Å². The van der Waals surface area contributed by atoms with E-state index in [1.54, 1.807) is 0 Å². The molecular weight excluding hydrogens is 444 g/mol. The van der Waals surface area contributed by atoms with Crippen LogP contribution in [0.5, 0.6) is 0 Å². The Hall–Kier alpha value is -3.58. The van der Waals surface area contributed by atoms with Crippen molar-refractivity contribution in [3.05, 3.63) is 129 Å². The topological polar surface area (TPSA) is 114 Å². The second-order valence-electron chi connectivity index (χ2n) is 9.13. The first-order valence-corrected chi connectivity index (χ1v) is 12.4. The van der Waals surface area contributed by atoms with Crippen LogP contribution in [-0.4, -0.2) is 21.1 Å². The molecule has 0 saturated heterocycles. The van der Waals surface area contributed by atoms with Gasteiger partial charge in [0, 0.05) is 52.2 Å². The quantitative estimate of drug-likeness (QED) is 0.248. The Morgan fingerprint density at radius 2 is 1.08 bits per heavy atom. The molecule has 3 aromatic carbocycles. The average molecular weight is 483 g/mol. The van der Waals surface area contributed by atoms with E-state index in [-0.39, 0.29) is 5.92 Å². The number of rotatable bonds is 10. The molecule has 6 heteroatoms. The van der Waals surface area contributed by atoms with Crippen LogP contribution < -0.4 is 33.2 Å². The zero-order chi connectivity index (χ0) is 25.7. The molecular formula is C30H38N6. The lowest BCUT2D eigenvalue weighted by Gasteiger charge is -2.44. The van der Waals surface area contributed by atoms with Crippen molar-refractivity contribution in [2.24, 2.45) is 23.1 Å². The normalized spacial score (nSPS) is 15.6. The molecule has 0 bridgehead atoms. The highest BCUT2D eigenvalue weighted by Crippen LogP contribution is 2.52. The van der Waals surface area contributed by atoms with Gasteiger partial charge < -0.3 is 33.2 Å². The zero-order valence-corrected chi connectivity index (χ0v) is 21.4. The summed E-state index contributed by atoms with van der Waals surface area (Å²) >= 11 is 0. The minimum atomic E-state index is -0.604. The van der Waals surface area contributed by atoms with Crippen molar-refractivity contribution in [1.82, 2.24) is 16.0 Å². The van der Waals surface area contributed by atoms with Gasteiger partial charge in [-0.25, -0.2) is 0 Å². The van der Waals surface area contributed by atoms with Crippen LogP contribution in [0.3, 0.4) is 0 Å². The van der Waals surface area contributed by atoms with Crippen LogP contribution in [0.25, 0.3) is 0 Å². The first-order valence-electron chi connectivity index (χ1n) is 12.4. The predicted molar refractivity (Wildman–Crippen MR) is 149 cm³/mol. The monoisotopic (exact) mass is 482 g/mol. The summed E-state index contributed by atoms with van der Waals surface area (Å²) in [6.45, 7) is 1.39. The minimum absolute atomic E-state index is 0.0796. The van der Waals surface area contributed by atoms with E-state index in [0.29, 0.717) is 19.6 Å². The maximum atomic E-state index is 6.15. The molecule has 36 heavy (non-hydrogen) atoms. The lowest BCUT2D eigenvalue weighted by Crippen LogP contribution is -2.44. The Balaban J connectivity index is 2.20. The first kappa shape index (κ1) is 25.5. The lowest BCUT2D eigenvalue weighted by molar-refractivity contribution is 0.450. The van der Waals surface area contributed by atoms with Crippen molar-refractivity contribution in [1.29, 1.82) is 0 Å². The van der Waals surface area contributed by atoms with E-state index in [2.05, 4.69) is 94.8 Å². The molecule has 0 radical (unpaired) electrons. The van der Waals surface area contributed by atoms with Gasteiger partial charge in [-0.15, -0.1) is 0 Å². The minimum Gasteiger partial charge on any atom is -0.391 e.